The van der Waals surface area contributed by atoms with Gasteiger partial charge in [-0.3, -0.25) is 9.52 Å². The Morgan fingerprint density at radius 1 is 0.809 bits per heavy atom. The number of nitrogens with zero attached hydrogens (tertiary/aromatic N) is 1. The number of rotatable bonds is 13. The van der Waals surface area contributed by atoms with Crippen molar-refractivity contribution < 1.29 is 13.2 Å². The number of fused-ring (bicyclic) bond motifs is 2. The van der Waals surface area contributed by atoms with Crippen molar-refractivity contribution in [2.75, 3.05) is 29.4 Å². The first-order chi connectivity index (χ1) is 22.6. The topological polar surface area (TPSA) is 132 Å². The van der Waals surface area contributed by atoms with Crippen LogP contribution in [0.2, 0.25) is 0 Å². The standard InChI is InChI=1S/C37H40N6O3S/c1-24-18-25(2)20-28(19-24)36-31(15-17-38-16-5-4-6-26-7-10-29(11-8-26)43-47(3,45)46)32-22-30(12-14-33(32)42-36)41-37(44)27-9-13-34-35(21-27)40-23-39-34/h7-14,18-23,38,42-43H,4-6,15-17H2,1-3H3,(H,39,40)(H,41,44). The Hall–Kier alpha value is -4.93. The number of aryl methyl sites for hydroxylation is 3. The second-order valence-corrected chi connectivity index (χ2v) is 14.0. The smallest absolute Gasteiger partial charge is 0.255 e. The zero-order chi connectivity index (χ0) is 33.0. The molecule has 0 fully saturated rings. The van der Waals surface area contributed by atoms with E-state index in [-0.39, 0.29) is 5.91 Å². The minimum absolute atomic E-state index is 0.171. The highest BCUT2D eigenvalue weighted by molar-refractivity contribution is 7.92. The van der Waals surface area contributed by atoms with Crippen molar-refractivity contribution in [2.24, 2.45) is 0 Å². The predicted octanol–water partition coefficient (Wildman–Crippen LogP) is 7.11. The molecule has 2 heterocycles. The molecule has 0 aliphatic heterocycles. The molecule has 10 heteroatoms. The minimum atomic E-state index is -3.27. The number of benzene rings is 4. The van der Waals surface area contributed by atoms with Crippen molar-refractivity contribution >= 4 is 49.2 Å². The van der Waals surface area contributed by atoms with Crippen LogP contribution in [0.1, 0.15) is 45.5 Å². The van der Waals surface area contributed by atoms with Gasteiger partial charge >= 0.3 is 0 Å². The second kappa shape index (κ2) is 13.8. The summed E-state index contributed by atoms with van der Waals surface area (Å²) in [6, 6.07) is 25.7. The molecule has 5 N–H and O–H groups in total. The van der Waals surface area contributed by atoms with E-state index in [0.29, 0.717) is 11.3 Å². The molecule has 47 heavy (non-hydrogen) atoms. The Morgan fingerprint density at radius 3 is 2.34 bits per heavy atom. The quantitative estimate of drug-likeness (QED) is 0.0852. The molecule has 0 unspecified atom stereocenters. The summed E-state index contributed by atoms with van der Waals surface area (Å²) in [5.41, 5.74) is 11.7. The van der Waals surface area contributed by atoms with E-state index in [1.165, 1.54) is 22.3 Å². The Bertz CT molecular complexity index is 2130. The number of carbonyl (C=O) groups excluding carboxylic acids is 1. The van der Waals surface area contributed by atoms with Gasteiger partial charge in [-0.05, 0) is 130 Å². The van der Waals surface area contributed by atoms with Crippen LogP contribution in [0.4, 0.5) is 11.4 Å². The highest BCUT2D eigenvalue weighted by Crippen LogP contribution is 2.33. The molecular weight excluding hydrogens is 609 g/mol. The molecule has 6 aromatic rings. The molecule has 0 saturated carbocycles. The van der Waals surface area contributed by atoms with E-state index in [0.717, 1.165) is 83.9 Å². The SMILES string of the molecule is Cc1cc(C)cc(-c2[nH]c3ccc(NC(=O)c4ccc5nc[nH]c5c4)cc3c2CCNCCCCc2ccc(NS(C)(=O)=O)cc2)c1. The molecular formula is C37H40N6O3S. The van der Waals surface area contributed by atoms with Crippen molar-refractivity contribution in [2.45, 2.75) is 39.5 Å². The molecule has 242 valence electrons. The van der Waals surface area contributed by atoms with Crippen LogP contribution < -0.4 is 15.4 Å². The van der Waals surface area contributed by atoms with Crippen LogP contribution in [-0.2, 0) is 22.9 Å². The van der Waals surface area contributed by atoms with E-state index < -0.39 is 10.0 Å². The highest BCUT2D eigenvalue weighted by atomic mass is 32.2. The van der Waals surface area contributed by atoms with E-state index in [1.54, 1.807) is 24.5 Å². The van der Waals surface area contributed by atoms with Crippen molar-refractivity contribution in [3.63, 3.8) is 0 Å². The van der Waals surface area contributed by atoms with Crippen molar-refractivity contribution in [1.29, 1.82) is 0 Å². The summed E-state index contributed by atoms with van der Waals surface area (Å²) >= 11 is 0. The summed E-state index contributed by atoms with van der Waals surface area (Å²) in [7, 11) is -3.27. The molecule has 0 aliphatic carbocycles. The van der Waals surface area contributed by atoms with Gasteiger partial charge in [-0.1, -0.05) is 29.3 Å². The van der Waals surface area contributed by atoms with Crippen molar-refractivity contribution in [1.82, 2.24) is 20.3 Å². The van der Waals surface area contributed by atoms with E-state index >= 15 is 0 Å². The van der Waals surface area contributed by atoms with Crippen LogP contribution in [0.25, 0.3) is 33.2 Å². The largest absolute Gasteiger partial charge is 0.354 e. The summed E-state index contributed by atoms with van der Waals surface area (Å²) in [5, 5.41) is 7.80. The van der Waals surface area contributed by atoms with Gasteiger partial charge in [0.15, 0.2) is 0 Å². The maximum atomic E-state index is 13.2. The van der Waals surface area contributed by atoms with Crippen LogP contribution in [0.3, 0.4) is 0 Å². The number of imidazole rings is 1. The summed E-state index contributed by atoms with van der Waals surface area (Å²) in [6.07, 6.45) is 6.60. The van der Waals surface area contributed by atoms with Crippen molar-refractivity contribution in [3.05, 3.63) is 113 Å². The van der Waals surface area contributed by atoms with Crippen LogP contribution in [0.15, 0.2) is 85.2 Å². The third-order valence-electron chi connectivity index (χ3n) is 8.23. The number of carbonyl (C=O) groups is 1. The molecule has 1 amide bonds. The zero-order valence-electron chi connectivity index (χ0n) is 26.9. The van der Waals surface area contributed by atoms with Crippen LogP contribution in [0.5, 0.6) is 0 Å². The van der Waals surface area contributed by atoms with Gasteiger partial charge in [0.05, 0.1) is 23.6 Å². The van der Waals surface area contributed by atoms with Crippen LogP contribution in [-0.4, -0.2) is 48.6 Å². The third-order valence-corrected chi connectivity index (χ3v) is 8.84. The molecule has 0 bridgehead atoms. The zero-order valence-corrected chi connectivity index (χ0v) is 27.7. The Kier molecular flexibility index (Phi) is 9.42. The number of anilines is 2. The average molecular weight is 649 g/mol. The van der Waals surface area contributed by atoms with Gasteiger partial charge < -0.3 is 20.6 Å². The third kappa shape index (κ3) is 8.08. The molecule has 6 rings (SSSR count). The van der Waals surface area contributed by atoms with E-state index in [4.69, 9.17) is 0 Å². The number of aromatic nitrogens is 3. The molecule has 0 atom stereocenters. The fraction of sp³-hybridized carbons (Fsp3) is 0.243. The lowest BCUT2D eigenvalue weighted by Crippen LogP contribution is -2.18. The number of H-pyrrole nitrogens is 2. The number of aromatic amines is 2. The lowest BCUT2D eigenvalue weighted by Gasteiger charge is -2.10. The minimum Gasteiger partial charge on any atom is -0.354 e. The Morgan fingerprint density at radius 2 is 1.57 bits per heavy atom. The fourth-order valence-electron chi connectivity index (χ4n) is 6.10. The summed E-state index contributed by atoms with van der Waals surface area (Å²) in [6.45, 7) is 5.96. The fourth-order valence-corrected chi connectivity index (χ4v) is 6.67. The summed E-state index contributed by atoms with van der Waals surface area (Å²) < 4.78 is 25.4. The lowest BCUT2D eigenvalue weighted by molar-refractivity contribution is 0.102. The first kappa shape index (κ1) is 32.0. The van der Waals surface area contributed by atoms with Gasteiger partial charge in [-0.25, -0.2) is 13.4 Å². The van der Waals surface area contributed by atoms with Crippen LogP contribution in [0, 0.1) is 13.8 Å². The van der Waals surface area contributed by atoms with Gasteiger partial charge in [-0.2, -0.15) is 0 Å². The molecule has 9 nitrogen and oxygen atoms in total. The average Bonchev–Trinajstić information content (AvgIpc) is 3.64. The van der Waals surface area contributed by atoms with Crippen molar-refractivity contribution in [3.8, 4) is 11.3 Å². The Balaban J connectivity index is 1.12. The van der Waals surface area contributed by atoms with Gasteiger partial charge in [0.1, 0.15) is 0 Å². The van der Waals surface area contributed by atoms with Crippen LogP contribution >= 0.6 is 0 Å². The molecule has 0 radical (unpaired) electrons. The molecule has 2 aromatic heterocycles. The van der Waals surface area contributed by atoms with Gasteiger partial charge in [0, 0.05) is 33.5 Å². The van der Waals surface area contributed by atoms with E-state index in [1.807, 2.05) is 36.4 Å². The summed E-state index contributed by atoms with van der Waals surface area (Å²) in [5.74, 6) is -0.171. The number of sulfonamides is 1. The predicted molar refractivity (Wildman–Crippen MR) is 192 cm³/mol. The van der Waals surface area contributed by atoms with Gasteiger partial charge in [0.2, 0.25) is 10.0 Å². The molecule has 0 saturated heterocycles. The lowest BCUT2D eigenvalue weighted by atomic mass is 9.99. The number of unbranched alkanes of at least 4 members (excludes halogenated alkanes) is 1. The number of nitrogens with one attached hydrogen (secondary N) is 5. The maximum Gasteiger partial charge on any atom is 0.255 e. The highest BCUT2D eigenvalue weighted by Gasteiger charge is 2.16. The first-order valence-corrected chi connectivity index (χ1v) is 17.8. The first-order valence-electron chi connectivity index (χ1n) is 15.9. The molecule has 4 aromatic carbocycles. The Labute approximate surface area is 275 Å². The summed E-state index contributed by atoms with van der Waals surface area (Å²) in [4.78, 5) is 24.1. The normalized spacial score (nSPS) is 11.7. The van der Waals surface area contributed by atoms with Gasteiger partial charge in [-0.15, -0.1) is 0 Å². The van der Waals surface area contributed by atoms with Gasteiger partial charge in [0.25, 0.3) is 5.91 Å². The van der Waals surface area contributed by atoms with E-state index in [9.17, 15) is 13.2 Å². The number of hydrogen-bond donors (Lipinski definition) is 5. The molecule has 0 spiro atoms. The van der Waals surface area contributed by atoms with E-state index in [2.05, 4.69) is 68.4 Å². The number of hydrogen-bond acceptors (Lipinski definition) is 5. The molecule has 0 aliphatic rings. The maximum absolute atomic E-state index is 13.2. The monoisotopic (exact) mass is 648 g/mol. The number of amides is 1. The second-order valence-electron chi connectivity index (χ2n) is 12.2.